The number of carbonyl (C=O) groups excluding carboxylic acids is 1. The third kappa shape index (κ3) is 9.32. The number of carbonyl (C=O) groups is 1. The summed E-state index contributed by atoms with van der Waals surface area (Å²) in [5.41, 5.74) is 7.85. The smallest absolute Gasteiger partial charge is 0.408 e. The second kappa shape index (κ2) is 15.6. The molecule has 1 fully saturated rings. The van der Waals surface area contributed by atoms with Crippen molar-refractivity contribution in [2.24, 2.45) is 0 Å². The molecule has 230 valence electrons. The summed E-state index contributed by atoms with van der Waals surface area (Å²) >= 11 is 0. The summed E-state index contributed by atoms with van der Waals surface area (Å²) in [4.78, 5) is 31.0. The summed E-state index contributed by atoms with van der Waals surface area (Å²) in [5, 5.41) is 0. The average molecular weight is 585 g/mol. The molecule has 1 N–H and O–H groups in total. The van der Waals surface area contributed by atoms with Gasteiger partial charge >= 0.3 is 5.76 Å². The quantitative estimate of drug-likeness (QED) is 0.199. The Labute approximate surface area is 256 Å². The number of aryl methyl sites for hydroxylation is 2. The maximum absolute atomic E-state index is 11.4. The average Bonchev–Trinajstić information content (AvgIpc) is 3.40. The van der Waals surface area contributed by atoms with Crippen LogP contribution in [0.1, 0.15) is 61.1 Å². The van der Waals surface area contributed by atoms with Crippen LogP contribution in [-0.4, -0.2) is 64.0 Å². The number of aldehydes is 1. The van der Waals surface area contributed by atoms with Crippen molar-refractivity contribution in [2.75, 3.05) is 51.6 Å². The number of hydrogen-bond donors (Lipinski definition) is 1. The largest absolute Gasteiger partial charge is 0.417 e. The molecule has 0 unspecified atom stereocenters. The highest BCUT2D eigenvalue weighted by molar-refractivity contribution is 5.73. The van der Waals surface area contributed by atoms with Gasteiger partial charge in [-0.05, 0) is 118 Å². The summed E-state index contributed by atoms with van der Waals surface area (Å²) in [6.07, 6.45) is 9.60. The zero-order valence-electron chi connectivity index (χ0n) is 26.5. The lowest BCUT2D eigenvalue weighted by Gasteiger charge is -2.35. The molecule has 4 aromatic rings. The predicted molar refractivity (Wildman–Crippen MR) is 179 cm³/mol. The number of nitrogens with zero attached hydrogens (tertiary/aromatic N) is 3. The third-order valence-electron chi connectivity index (χ3n) is 8.67. The van der Waals surface area contributed by atoms with Gasteiger partial charge in [0.1, 0.15) is 6.29 Å². The number of anilines is 2. The van der Waals surface area contributed by atoms with Crippen LogP contribution in [0, 0.1) is 0 Å². The minimum Gasteiger partial charge on any atom is -0.408 e. The van der Waals surface area contributed by atoms with Gasteiger partial charge in [-0.1, -0.05) is 30.3 Å². The van der Waals surface area contributed by atoms with Gasteiger partial charge in [-0.25, -0.2) is 4.79 Å². The second-order valence-electron chi connectivity index (χ2n) is 12.2. The summed E-state index contributed by atoms with van der Waals surface area (Å²) in [7, 11) is 10.5. The summed E-state index contributed by atoms with van der Waals surface area (Å²) in [5.74, 6) is 0.190. The first-order chi connectivity index (χ1) is 20.7. The summed E-state index contributed by atoms with van der Waals surface area (Å²) < 4.78 is 5.24. The number of aromatic nitrogens is 1. The molecule has 0 amide bonds. The van der Waals surface area contributed by atoms with Crippen molar-refractivity contribution >= 4 is 28.8 Å². The normalized spacial score (nSPS) is 16.5. The van der Waals surface area contributed by atoms with Crippen molar-refractivity contribution < 1.29 is 9.21 Å². The molecule has 0 spiro atoms. The fourth-order valence-corrected chi connectivity index (χ4v) is 5.93. The molecule has 0 aliphatic heterocycles. The number of oxazole rings is 1. The molecule has 0 radical (unpaired) electrons. The van der Waals surface area contributed by atoms with Crippen molar-refractivity contribution in [3.63, 3.8) is 0 Å². The van der Waals surface area contributed by atoms with Gasteiger partial charge in [-0.2, -0.15) is 0 Å². The molecule has 5 rings (SSSR count). The van der Waals surface area contributed by atoms with E-state index in [1.807, 2.05) is 26.2 Å². The van der Waals surface area contributed by atoms with Crippen LogP contribution in [0.4, 0.5) is 11.4 Å². The van der Waals surface area contributed by atoms with Crippen LogP contribution in [0.25, 0.3) is 11.1 Å². The Kier molecular flexibility index (Phi) is 11.6. The van der Waals surface area contributed by atoms with E-state index in [2.05, 4.69) is 95.4 Å². The van der Waals surface area contributed by atoms with Crippen LogP contribution >= 0.6 is 0 Å². The van der Waals surface area contributed by atoms with Crippen molar-refractivity contribution in [2.45, 2.75) is 63.3 Å². The minimum atomic E-state index is -0.374. The molecule has 1 aliphatic rings. The SMILES string of the molecule is CN(C)c1ccc(CCC=O)cc1.CN(C)c1ccc(CCCN(C)C2CCC(c3ccc4[nH]c(=O)oc4c3)CC2)cc1. The highest BCUT2D eigenvalue weighted by atomic mass is 16.4. The first-order valence-electron chi connectivity index (χ1n) is 15.5. The number of benzene rings is 3. The molecule has 0 saturated heterocycles. The molecule has 43 heavy (non-hydrogen) atoms. The van der Waals surface area contributed by atoms with E-state index in [1.54, 1.807) is 0 Å². The second-order valence-corrected chi connectivity index (χ2v) is 12.2. The van der Waals surface area contributed by atoms with Gasteiger partial charge in [0.05, 0.1) is 5.52 Å². The van der Waals surface area contributed by atoms with Crippen molar-refractivity contribution in [3.05, 3.63) is 94.0 Å². The summed E-state index contributed by atoms with van der Waals surface area (Å²) in [6, 6.07) is 24.0. The minimum absolute atomic E-state index is 0.374. The Morgan fingerprint density at radius 1 is 0.791 bits per heavy atom. The van der Waals surface area contributed by atoms with Gasteiger partial charge in [0, 0.05) is 52.0 Å². The highest BCUT2D eigenvalue weighted by Gasteiger charge is 2.25. The maximum atomic E-state index is 11.4. The van der Waals surface area contributed by atoms with Crippen LogP contribution in [0.5, 0.6) is 0 Å². The van der Waals surface area contributed by atoms with Gasteiger partial charge in [0.2, 0.25) is 0 Å². The molecule has 0 atom stereocenters. The molecule has 1 heterocycles. The zero-order valence-corrected chi connectivity index (χ0v) is 26.5. The number of nitrogens with one attached hydrogen (secondary N) is 1. The first kappa shape index (κ1) is 32.1. The molecular formula is C36H48N4O3. The zero-order chi connectivity index (χ0) is 30.8. The van der Waals surface area contributed by atoms with Crippen LogP contribution in [0.15, 0.2) is 75.9 Å². The van der Waals surface area contributed by atoms with Crippen molar-refractivity contribution in [1.29, 1.82) is 0 Å². The van der Waals surface area contributed by atoms with E-state index in [4.69, 9.17) is 4.42 Å². The standard InChI is InChI=1S/C25H33N3O2.C11H15NO/c1-27(2)21-11-6-18(7-12-21)5-4-16-28(3)22-13-8-19(9-14-22)20-10-15-23-24(17-20)30-25(29)26-23;1-12(2)11-7-5-10(6-8-11)4-3-9-13/h6-7,10-12,15,17,19,22H,4-5,8-9,13-14,16H2,1-3H3,(H,26,29);5-9H,3-4H2,1-2H3. The molecule has 1 aliphatic carbocycles. The van der Waals surface area contributed by atoms with Crippen LogP contribution in [-0.2, 0) is 17.6 Å². The molecule has 1 saturated carbocycles. The lowest BCUT2D eigenvalue weighted by atomic mass is 9.81. The Morgan fingerprint density at radius 3 is 1.93 bits per heavy atom. The lowest BCUT2D eigenvalue weighted by molar-refractivity contribution is -0.107. The summed E-state index contributed by atoms with van der Waals surface area (Å²) in [6.45, 7) is 1.14. The van der Waals surface area contributed by atoms with Crippen LogP contribution in [0.3, 0.4) is 0 Å². The molecular weight excluding hydrogens is 536 g/mol. The fourth-order valence-electron chi connectivity index (χ4n) is 5.93. The Hall–Kier alpha value is -3.84. The predicted octanol–water partition coefficient (Wildman–Crippen LogP) is 6.66. The number of hydrogen-bond acceptors (Lipinski definition) is 6. The van der Waals surface area contributed by atoms with E-state index in [0.29, 0.717) is 24.0 Å². The Balaban J connectivity index is 0.000000273. The molecule has 3 aromatic carbocycles. The van der Waals surface area contributed by atoms with E-state index in [0.717, 1.165) is 31.2 Å². The molecule has 0 bridgehead atoms. The third-order valence-corrected chi connectivity index (χ3v) is 8.67. The van der Waals surface area contributed by atoms with Gasteiger partial charge < -0.3 is 23.9 Å². The molecule has 7 heteroatoms. The van der Waals surface area contributed by atoms with Crippen molar-refractivity contribution in [3.8, 4) is 0 Å². The Morgan fingerprint density at radius 2 is 1.37 bits per heavy atom. The van der Waals surface area contributed by atoms with Crippen molar-refractivity contribution in [1.82, 2.24) is 9.88 Å². The van der Waals surface area contributed by atoms with Crippen LogP contribution < -0.4 is 15.6 Å². The topological polar surface area (TPSA) is 72.8 Å². The van der Waals surface area contributed by atoms with E-state index in [1.165, 1.54) is 60.2 Å². The maximum Gasteiger partial charge on any atom is 0.417 e. The monoisotopic (exact) mass is 584 g/mol. The first-order valence-corrected chi connectivity index (χ1v) is 15.5. The number of aromatic amines is 1. The lowest BCUT2D eigenvalue weighted by Crippen LogP contribution is -2.35. The fraction of sp³-hybridized carbons (Fsp3) is 0.444. The van der Waals surface area contributed by atoms with E-state index < -0.39 is 0 Å². The van der Waals surface area contributed by atoms with E-state index in [-0.39, 0.29) is 5.76 Å². The van der Waals surface area contributed by atoms with Gasteiger partial charge in [0.25, 0.3) is 0 Å². The number of H-pyrrole nitrogens is 1. The van der Waals surface area contributed by atoms with Gasteiger partial charge in [-0.3, -0.25) is 4.98 Å². The van der Waals surface area contributed by atoms with Crippen LogP contribution in [0.2, 0.25) is 0 Å². The number of fused-ring (bicyclic) bond motifs is 1. The number of rotatable bonds is 11. The Bertz CT molecular complexity index is 1460. The molecule has 7 nitrogen and oxygen atoms in total. The van der Waals surface area contributed by atoms with E-state index >= 15 is 0 Å². The van der Waals surface area contributed by atoms with Gasteiger partial charge in [-0.15, -0.1) is 0 Å². The van der Waals surface area contributed by atoms with Gasteiger partial charge in [0.15, 0.2) is 5.58 Å². The molecule has 1 aromatic heterocycles. The highest BCUT2D eigenvalue weighted by Crippen LogP contribution is 2.35. The van der Waals surface area contributed by atoms with E-state index in [9.17, 15) is 9.59 Å².